The Balaban J connectivity index is 2.07. The van der Waals surface area contributed by atoms with Crippen molar-refractivity contribution < 1.29 is 19.4 Å². The van der Waals surface area contributed by atoms with Gasteiger partial charge in [0.15, 0.2) is 0 Å². The molecule has 5 heteroatoms. The molecule has 114 valence electrons. The molecule has 1 amide bonds. The maximum Gasteiger partial charge on any atom is 0.310 e. The Hall–Kier alpha value is -1.10. The Morgan fingerprint density at radius 2 is 1.90 bits per heavy atom. The standard InChI is InChI=1S/C15H25NO4/c1-12-11-20-9-8-16(12)13(17)10-15(14(18)19)6-4-2-3-5-7-15/h12H,2-11H2,1H3,(H,18,19). The molecule has 2 aliphatic rings. The molecule has 0 aromatic rings. The summed E-state index contributed by atoms with van der Waals surface area (Å²) in [5, 5.41) is 9.63. The van der Waals surface area contributed by atoms with Gasteiger partial charge in [-0.1, -0.05) is 25.7 Å². The summed E-state index contributed by atoms with van der Waals surface area (Å²) in [6.45, 7) is 3.63. The minimum atomic E-state index is -0.842. The second kappa shape index (κ2) is 6.57. The highest BCUT2D eigenvalue weighted by molar-refractivity contribution is 5.85. The predicted octanol–water partition coefficient (Wildman–Crippen LogP) is 2.05. The van der Waals surface area contributed by atoms with Crippen molar-refractivity contribution in [2.24, 2.45) is 5.41 Å². The molecule has 0 spiro atoms. The third-order valence-electron chi connectivity index (χ3n) is 4.69. The quantitative estimate of drug-likeness (QED) is 0.805. The molecule has 1 heterocycles. The normalized spacial score (nSPS) is 26.9. The first-order chi connectivity index (χ1) is 9.55. The van der Waals surface area contributed by atoms with Crippen LogP contribution < -0.4 is 0 Å². The van der Waals surface area contributed by atoms with E-state index in [0.29, 0.717) is 32.6 Å². The van der Waals surface area contributed by atoms with Crippen LogP contribution in [-0.2, 0) is 14.3 Å². The van der Waals surface area contributed by atoms with Crippen LogP contribution in [0.2, 0.25) is 0 Å². The van der Waals surface area contributed by atoms with Crippen LogP contribution >= 0.6 is 0 Å². The molecule has 1 saturated carbocycles. The van der Waals surface area contributed by atoms with Crippen molar-refractivity contribution in [1.29, 1.82) is 0 Å². The highest BCUT2D eigenvalue weighted by Crippen LogP contribution is 2.39. The maximum atomic E-state index is 12.5. The van der Waals surface area contributed by atoms with Crippen molar-refractivity contribution in [2.75, 3.05) is 19.8 Å². The lowest BCUT2D eigenvalue weighted by Gasteiger charge is -2.36. The zero-order valence-electron chi connectivity index (χ0n) is 12.3. The van der Waals surface area contributed by atoms with Crippen LogP contribution in [0.15, 0.2) is 0 Å². The zero-order valence-corrected chi connectivity index (χ0v) is 12.3. The summed E-state index contributed by atoms with van der Waals surface area (Å²) in [6.07, 6.45) is 5.40. The summed E-state index contributed by atoms with van der Waals surface area (Å²) >= 11 is 0. The lowest BCUT2D eigenvalue weighted by Crippen LogP contribution is -2.49. The van der Waals surface area contributed by atoms with E-state index in [1.165, 1.54) is 0 Å². The number of morpholine rings is 1. The molecular weight excluding hydrogens is 258 g/mol. The number of ether oxygens (including phenoxy) is 1. The Kier molecular flexibility index (Phi) is 5.02. The fourth-order valence-corrected chi connectivity index (χ4v) is 3.36. The molecule has 0 aromatic heterocycles. The first-order valence-electron chi connectivity index (χ1n) is 7.66. The summed E-state index contributed by atoms with van der Waals surface area (Å²) in [6, 6.07) is 0.0490. The van der Waals surface area contributed by atoms with Crippen molar-refractivity contribution in [3.63, 3.8) is 0 Å². The van der Waals surface area contributed by atoms with Gasteiger partial charge in [-0.3, -0.25) is 9.59 Å². The highest BCUT2D eigenvalue weighted by atomic mass is 16.5. The van der Waals surface area contributed by atoms with E-state index in [4.69, 9.17) is 4.74 Å². The molecular formula is C15H25NO4. The Morgan fingerprint density at radius 3 is 2.45 bits per heavy atom. The van der Waals surface area contributed by atoms with Crippen LogP contribution in [0.4, 0.5) is 0 Å². The van der Waals surface area contributed by atoms with Gasteiger partial charge in [0.2, 0.25) is 5.91 Å². The van der Waals surface area contributed by atoms with E-state index in [9.17, 15) is 14.7 Å². The number of carboxylic acid groups (broad SMARTS) is 1. The molecule has 2 rings (SSSR count). The Labute approximate surface area is 120 Å². The smallest absolute Gasteiger partial charge is 0.310 e. The summed E-state index contributed by atoms with van der Waals surface area (Å²) in [4.78, 5) is 26.0. The molecule has 0 aromatic carbocycles. The Morgan fingerprint density at radius 1 is 1.25 bits per heavy atom. The van der Waals surface area contributed by atoms with Gasteiger partial charge in [0, 0.05) is 13.0 Å². The van der Waals surface area contributed by atoms with Crippen LogP contribution in [0, 0.1) is 5.41 Å². The SMILES string of the molecule is CC1COCCN1C(=O)CC1(C(=O)O)CCCCCC1. The van der Waals surface area contributed by atoms with E-state index >= 15 is 0 Å². The second-order valence-corrected chi connectivity index (χ2v) is 6.19. The first kappa shape index (κ1) is 15.3. The van der Waals surface area contributed by atoms with Gasteiger partial charge in [-0.15, -0.1) is 0 Å². The van der Waals surface area contributed by atoms with Gasteiger partial charge >= 0.3 is 5.97 Å². The minimum Gasteiger partial charge on any atom is -0.481 e. The minimum absolute atomic E-state index is 0.0231. The predicted molar refractivity (Wildman–Crippen MR) is 74.4 cm³/mol. The van der Waals surface area contributed by atoms with Gasteiger partial charge in [-0.25, -0.2) is 0 Å². The van der Waals surface area contributed by atoms with Crippen molar-refractivity contribution in [3.8, 4) is 0 Å². The summed E-state index contributed by atoms with van der Waals surface area (Å²) in [5.41, 5.74) is -0.842. The van der Waals surface area contributed by atoms with Crippen LogP contribution in [0.5, 0.6) is 0 Å². The lowest BCUT2D eigenvalue weighted by molar-refractivity contribution is -0.157. The zero-order chi connectivity index (χ0) is 14.6. The van der Waals surface area contributed by atoms with Gasteiger partial charge in [-0.05, 0) is 19.8 Å². The molecule has 1 N–H and O–H groups in total. The maximum absolute atomic E-state index is 12.5. The van der Waals surface area contributed by atoms with Gasteiger partial charge in [0.05, 0.1) is 24.7 Å². The number of aliphatic carboxylic acids is 1. The number of hydrogen-bond acceptors (Lipinski definition) is 3. The first-order valence-corrected chi connectivity index (χ1v) is 7.66. The molecule has 20 heavy (non-hydrogen) atoms. The van der Waals surface area contributed by atoms with E-state index in [-0.39, 0.29) is 18.4 Å². The highest BCUT2D eigenvalue weighted by Gasteiger charge is 2.42. The molecule has 1 aliphatic heterocycles. The molecule has 0 bridgehead atoms. The van der Waals surface area contributed by atoms with Crippen molar-refractivity contribution in [1.82, 2.24) is 4.90 Å². The molecule has 1 aliphatic carbocycles. The Bertz CT molecular complexity index is 361. The number of carbonyl (C=O) groups is 2. The monoisotopic (exact) mass is 283 g/mol. The van der Waals surface area contributed by atoms with Gasteiger partial charge < -0.3 is 14.7 Å². The molecule has 5 nitrogen and oxygen atoms in total. The van der Waals surface area contributed by atoms with E-state index in [0.717, 1.165) is 25.7 Å². The number of hydrogen-bond donors (Lipinski definition) is 1. The van der Waals surface area contributed by atoms with Gasteiger partial charge in [0.25, 0.3) is 0 Å². The number of nitrogens with zero attached hydrogens (tertiary/aromatic N) is 1. The molecule has 2 fully saturated rings. The molecule has 1 unspecified atom stereocenters. The van der Waals surface area contributed by atoms with Crippen LogP contribution in [-0.4, -0.2) is 47.7 Å². The van der Waals surface area contributed by atoms with E-state index in [1.807, 2.05) is 6.92 Å². The molecule has 1 saturated heterocycles. The number of carbonyl (C=O) groups excluding carboxylic acids is 1. The van der Waals surface area contributed by atoms with E-state index in [1.54, 1.807) is 4.90 Å². The fraction of sp³-hybridized carbons (Fsp3) is 0.867. The van der Waals surface area contributed by atoms with Crippen LogP contribution in [0.1, 0.15) is 51.9 Å². The van der Waals surface area contributed by atoms with Crippen LogP contribution in [0.25, 0.3) is 0 Å². The lowest BCUT2D eigenvalue weighted by atomic mass is 9.77. The average molecular weight is 283 g/mol. The summed E-state index contributed by atoms with van der Waals surface area (Å²) in [5.74, 6) is -0.821. The van der Waals surface area contributed by atoms with Gasteiger partial charge in [0.1, 0.15) is 0 Å². The molecule has 1 atom stereocenters. The topological polar surface area (TPSA) is 66.8 Å². The second-order valence-electron chi connectivity index (χ2n) is 6.19. The van der Waals surface area contributed by atoms with Gasteiger partial charge in [-0.2, -0.15) is 0 Å². The van der Waals surface area contributed by atoms with Crippen LogP contribution in [0.3, 0.4) is 0 Å². The third-order valence-corrected chi connectivity index (χ3v) is 4.69. The molecule has 0 radical (unpaired) electrons. The summed E-state index contributed by atoms with van der Waals surface area (Å²) in [7, 11) is 0. The average Bonchev–Trinajstić information content (AvgIpc) is 2.65. The number of carboxylic acids is 1. The van der Waals surface area contributed by atoms with E-state index < -0.39 is 11.4 Å². The number of amides is 1. The fourth-order valence-electron chi connectivity index (χ4n) is 3.36. The van der Waals surface area contributed by atoms with Crippen molar-refractivity contribution >= 4 is 11.9 Å². The number of rotatable bonds is 3. The largest absolute Gasteiger partial charge is 0.481 e. The van der Waals surface area contributed by atoms with Crippen molar-refractivity contribution in [2.45, 2.75) is 57.9 Å². The van der Waals surface area contributed by atoms with E-state index in [2.05, 4.69) is 0 Å². The summed E-state index contributed by atoms with van der Waals surface area (Å²) < 4.78 is 5.33. The van der Waals surface area contributed by atoms with Crippen molar-refractivity contribution in [3.05, 3.63) is 0 Å². The third kappa shape index (κ3) is 3.32.